The highest BCUT2D eigenvalue weighted by Crippen LogP contribution is 2.33. The summed E-state index contributed by atoms with van der Waals surface area (Å²) in [6, 6.07) is 10.9. The Balaban J connectivity index is 0.00000101. The summed E-state index contributed by atoms with van der Waals surface area (Å²) in [6.45, 7) is 1.89. The summed E-state index contributed by atoms with van der Waals surface area (Å²) >= 11 is 6.77. The molecule has 0 aliphatic rings. The SMILES string of the molecule is CCCCc1cc(F)c(OCc2sc(F)cc2-c2ccc(Cl)cc2)c(F)c1.O=C=O. The molecule has 30 heavy (non-hydrogen) atoms. The van der Waals surface area contributed by atoms with E-state index in [0.717, 1.165) is 29.7 Å². The molecule has 0 bridgehead atoms. The Morgan fingerprint density at radius 3 is 2.20 bits per heavy atom. The number of unbranched alkanes of at least 4 members (excludes halogenated alkanes) is 1. The van der Waals surface area contributed by atoms with Gasteiger partial charge in [-0.15, -0.1) is 11.3 Å². The van der Waals surface area contributed by atoms with Gasteiger partial charge in [0.1, 0.15) is 6.61 Å². The minimum Gasteiger partial charge on any atom is -0.482 e. The third-order valence-electron chi connectivity index (χ3n) is 4.16. The smallest absolute Gasteiger partial charge is 0.373 e. The van der Waals surface area contributed by atoms with Gasteiger partial charge >= 0.3 is 6.15 Å². The van der Waals surface area contributed by atoms with E-state index in [-0.39, 0.29) is 12.8 Å². The van der Waals surface area contributed by atoms with Crippen LogP contribution in [-0.4, -0.2) is 6.15 Å². The maximum atomic E-state index is 14.3. The van der Waals surface area contributed by atoms with Gasteiger partial charge in [-0.2, -0.15) is 14.0 Å². The average molecular weight is 455 g/mol. The van der Waals surface area contributed by atoms with E-state index in [1.165, 1.54) is 18.2 Å². The summed E-state index contributed by atoms with van der Waals surface area (Å²) in [6.07, 6.45) is 2.67. The molecule has 0 amide bonds. The maximum Gasteiger partial charge on any atom is 0.373 e. The van der Waals surface area contributed by atoms with E-state index >= 15 is 0 Å². The summed E-state index contributed by atoms with van der Waals surface area (Å²) in [5, 5.41) is 0.175. The highest BCUT2D eigenvalue weighted by atomic mass is 35.5. The van der Waals surface area contributed by atoms with Crippen LogP contribution in [0.2, 0.25) is 5.02 Å². The van der Waals surface area contributed by atoms with Crippen LogP contribution in [0.5, 0.6) is 5.75 Å². The van der Waals surface area contributed by atoms with Crippen LogP contribution in [0, 0.1) is 16.8 Å². The van der Waals surface area contributed by atoms with Crippen molar-refractivity contribution in [1.82, 2.24) is 0 Å². The lowest BCUT2D eigenvalue weighted by Gasteiger charge is -2.11. The molecule has 158 valence electrons. The Morgan fingerprint density at radius 2 is 1.63 bits per heavy atom. The Bertz CT molecular complexity index is 990. The monoisotopic (exact) mass is 454 g/mol. The van der Waals surface area contributed by atoms with Gasteiger partial charge in [-0.3, -0.25) is 0 Å². The van der Waals surface area contributed by atoms with E-state index in [4.69, 9.17) is 25.9 Å². The maximum absolute atomic E-state index is 14.3. The number of carbonyl (C=O) groups excluding carboxylic acids is 2. The van der Waals surface area contributed by atoms with Crippen molar-refractivity contribution in [2.75, 3.05) is 0 Å². The van der Waals surface area contributed by atoms with Crippen molar-refractivity contribution >= 4 is 29.1 Å². The van der Waals surface area contributed by atoms with Crippen LogP contribution >= 0.6 is 22.9 Å². The van der Waals surface area contributed by atoms with Gasteiger partial charge in [-0.25, -0.2) is 8.78 Å². The molecule has 3 rings (SSSR count). The first-order chi connectivity index (χ1) is 14.4. The van der Waals surface area contributed by atoms with Crippen LogP contribution in [0.1, 0.15) is 30.2 Å². The normalized spacial score (nSPS) is 10.2. The molecule has 0 saturated carbocycles. The third kappa shape index (κ3) is 6.46. The number of thiophene rings is 1. The number of hydrogen-bond donors (Lipinski definition) is 0. The Hall–Kier alpha value is -2.60. The molecule has 0 spiro atoms. The van der Waals surface area contributed by atoms with Gasteiger partial charge in [0.25, 0.3) is 0 Å². The first-order valence-corrected chi connectivity index (χ1v) is 10.2. The van der Waals surface area contributed by atoms with Crippen molar-refractivity contribution in [2.24, 2.45) is 0 Å². The van der Waals surface area contributed by atoms with Gasteiger partial charge in [-0.1, -0.05) is 37.1 Å². The number of aryl methyl sites for hydroxylation is 1. The Morgan fingerprint density at radius 1 is 1.03 bits per heavy atom. The summed E-state index contributed by atoms with van der Waals surface area (Å²) in [5.41, 5.74) is 1.98. The summed E-state index contributed by atoms with van der Waals surface area (Å²) in [5.74, 6) is -1.93. The second kappa shape index (κ2) is 11.6. The molecule has 1 heterocycles. The van der Waals surface area contributed by atoms with E-state index in [0.29, 0.717) is 27.4 Å². The predicted octanol–water partition coefficient (Wildman–Crippen LogP) is 6.82. The molecule has 3 nitrogen and oxygen atoms in total. The van der Waals surface area contributed by atoms with Crippen LogP contribution in [0.4, 0.5) is 13.2 Å². The summed E-state index contributed by atoms with van der Waals surface area (Å²) in [4.78, 5) is 16.8. The first kappa shape index (κ1) is 23.7. The van der Waals surface area contributed by atoms with Crippen molar-refractivity contribution in [1.29, 1.82) is 0 Å². The molecular formula is C22H18ClF3O3S. The van der Waals surface area contributed by atoms with E-state index in [2.05, 4.69) is 0 Å². The largest absolute Gasteiger partial charge is 0.482 e. The molecule has 0 radical (unpaired) electrons. The Kier molecular flexibility index (Phi) is 9.12. The number of halogens is 4. The second-order valence-corrected chi connectivity index (χ2v) is 7.78. The molecule has 0 aliphatic heterocycles. The molecule has 0 saturated heterocycles. The van der Waals surface area contributed by atoms with E-state index < -0.39 is 22.5 Å². The summed E-state index contributed by atoms with van der Waals surface area (Å²) in [7, 11) is 0. The molecule has 1 aromatic heterocycles. The lowest BCUT2D eigenvalue weighted by atomic mass is 10.1. The first-order valence-electron chi connectivity index (χ1n) is 9.03. The molecule has 0 unspecified atom stereocenters. The number of benzene rings is 2. The fraction of sp³-hybridized carbons (Fsp3) is 0.227. The fourth-order valence-electron chi connectivity index (χ4n) is 2.79. The van der Waals surface area contributed by atoms with E-state index in [1.54, 1.807) is 24.3 Å². The molecule has 0 atom stereocenters. The molecule has 0 N–H and O–H groups in total. The molecule has 2 aromatic carbocycles. The minimum absolute atomic E-state index is 0.130. The van der Waals surface area contributed by atoms with Crippen molar-refractivity contribution in [3.8, 4) is 16.9 Å². The van der Waals surface area contributed by atoms with Crippen LogP contribution in [0.3, 0.4) is 0 Å². The second-order valence-electron chi connectivity index (χ2n) is 6.26. The van der Waals surface area contributed by atoms with Crippen molar-refractivity contribution in [3.05, 3.63) is 74.7 Å². The fourth-order valence-corrected chi connectivity index (χ4v) is 3.73. The van der Waals surface area contributed by atoms with Gasteiger partial charge in [-0.05, 0) is 54.3 Å². The van der Waals surface area contributed by atoms with Crippen LogP contribution < -0.4 is 4.74 Å². The van der Waals surface area contributed by atoms with Gasteiger partial charge in [0.2, 0.25) is 0 Å². The topological polar surface area (TPSA) is 43.4 Å². The average Bonchev–Trinajstić information content (AvgIpc) is 3.07. The lowest BCUT2D eigenvalue weighted by molar-refractivity contribution is -0.191. The van der Waals surface area contributed by atoms with Gasteiger partial charge in [0.15, 0.2) is 22.5 Å². The van der Waals surface area contributed by atoms with Gasteiger partial charge < -0.3 is 4.74 Å². The van der Waals surface area contributed by atoms with Gasteiger partial charge in [0.05, 0.1) is 4.88 Å². The molecule has 8 heteroatoms. The van der Waals surface area contributed by atoms with Crippen LogP contribution in [0.15, 0.2) is 42.5 Å². The summed E-state index contributed by atoms with van der Waals surface area (Å²) < 4.78 is 47.7. The van der Waals surface area contributed by atoms with Crippen LogP contribution in [-0.2, 0) is 22.6 Å². The number of hydrogen-bond acceptors (Lipinski definition) is 4. The van der Waals surface area contributed by atoms with Crippen molar-refractivity contribution < 1.29 is 27.5 Å². The number of ether oxygens (including phenoxy) is 1. The highest BCUT2D eigenvalue weighted by Gasteiger charge is 2.16. The predicted molar refractivity (Wildman–Crippen MR) is 109 cm³/mol. The zero-order chi connectivity index (χ0) is 22.1. The van der Waals surface area contributed by atoms with E-state index in [1.807, 2.05) is 6.92 Å². The van der Waals surface area contributed by atoms with Crippen molar-refractivity contribution in [3.63, 3.8) is 0 Å². The molecular weight excluding hydrogens is 437 g/mol. The zero-order valence-corrected chi connectivity index (χ0v) is 17.6. The van der Waals surface area contributed by atoms with Gasteiger partial charge in [0, 0.05) is 10.6 Å². The standard InChI is InChI=1S/C21H18ClF3OS.CO2/c1-2-3-4-13-9-17(23)21(18(24)10-13)26-12-19-16(11-20(25)27-19)14-5-7-15(22)8-6-14;2-1-3/h5-11H,2-4,12H2,1H3;. The Labute approximate surface area is 181 Å². The number of rotatable bonds is 7. The quantitative estimate of drug-likeness (QED) is 0.393. The zero-order valence-electron chi connectivity index (χ0n) is 16.0. The lowest BCUT2D eigenvalue weighted by Crippen LogP contribution is -2.01. The molecule has 0 aliphatic carbocycles. The van der Waals surface area contributed by atoms with Crippen LogP contribution in [0.25, 0.3) is 11.1 Å². The third-order valence-corrected chi connectivity index (χ3v) is 5.31. The highest BCUT2D eigenvalue weighted by molar-refractivity contribution is 7.10. The molecule has 0 fully saturated rings. The minimum atomic E-state index is -0.744. The molecule has 3 aromatic rings. The van der Waals surface area contributed by atoms with E-state index in [9.17, 15) is 13.2 Å². The van der Waals surface area contributed by atoms with Crippen molar-refractivity contribution in [2.45, 2.75) is 32.8 Å².